The van der Waals surface area contributed by atoms with Gasteiger partial charge in [0.15, 0.2) is 11.6 Å². The van der Waals surface area contributed by atoms with E-state index in [1.54, 1.807) is 36.4 Å². The van der Waals surface area contributed by atoms with Gasteiger partial charge in [-0.2, -0.15) is 0 Å². The highest BCUT2D eigenvalue weighted by molar-refractivity contribution is 9.10. The Kier molecular flexibility index (Phi) is 2.49. The Hall–Kier alpha value is -1.68. The van der Waals surface area contributed by atoms with E-state index in [1.807, 2.05) is 0 Å². The zero-order valence-electron chi connectivity index (χ0n) is 9.24. The van der Waals surface area contributed by atoms with E-state index in [2.05, 4.69) is 15.9 Å². The van der Waals surface area contributed by atoms with Gasteiger partial charge in [-0.3, -0.25) is 9.59 Å². The maximum atomic E-state index is 12.3. The lowest BCUT2D eigenvalue weighted by Gasteiger charge is -2.18. The molecule has 2 aromatic carbocycles. The Labute approximate surface area is 114 Å². The predicted molar refractivity (Wildman–Crippen MR) is 72.8 cm³/mol. The van der Waals surface area contributed by atoms with Crippen LogP contribution >= 0.6 is 15.9 Å². The molecule has 0 heterocycles. The van der Waals surface area contributed by atoms with Crippen LogP contribution in [0, 0.1) is 0 Å². The average molecular weight is 297 g/mol. The minimum Gasteiger partial charge on any atom is -0.289 e. The molecule has 18 heavy (non-hydrogen) atoms. The Morgan fingerprint density at radius 2 is 1.33 bits per heavy atom. The third-order valence-corrected chi connectivity index (χ3v) is 3.50. The highest BCUT2D eigenvalue weighted by atomic mass is 79.9. The largest absolute Gasteiger partial charge is 0.289 e. The third kappa shape index (κ3) is 1.56. The van der Waals surface area contributed by atoms with Gasteiger partial charge >= 0.3 is 0 Å². The topological polar surface area (TPSA) is 34.1 Å². The van der Waals surface area contributed by atoms with Gasteiger partial charge in [0, 0.05) is 26.7 Å². The van der Waals surface area contributed by atoms with Crippen LogP contribution in [0.4, 0.5) is 0 Å². The quantitative estimate of drug-likeness (QED) is 0.595. The fourth-order valence-corrected chi connectivity index (χ4v) is 2.50. The first-order valence-corrected chi connectivity index (χ1v) is 6.15. The Morgan fingerprint density at radius 1 is 0.778 bits per heavy atom. The summed E-state index contributed by atoms with van der Waals surface area (Å²) in [5.74, 6) is -0.291. The molecule has 0 spiro atoms. The van der Waals surface area contributed by atoms with Crippen LogP contribution in [0.3, 0.4) is 0 Å². The van der Waals surface area contributed by atoms with E-state index in [4.69, 9.17) is 7.85 Å². The number of rotatable bonds is 0. The fourth-order valence-electron chi connectivity index (χ4n) is 2.14. The molecule has 0 saturated carbocycles. The van der Waals surface area contributed by atoms with Crippen molar-refractivity contribution in [3.63, 3.8) is 0 Å². The molecule has 0 saturated heterocycles. The van der Waals surface area contributed by atoms with E-state index in [0.29, 0.717) is 27.7 Å². The fraction of sp³-hybridized carbons (Fsp3) is 0. The van der Waals surface area contributed by atoms with E-state index >= 15 is 0 Å². The summed E-state index contributed by atoms with van der Waals surface area (Å²) >= 11 is 3.31. The second-order valence-corrected chi connectivity index (χ2v) is 5.07. The van der Waals surface area contributed by atoms with Crippen LogP contribution in [0.1, 0.15) is 31.8 Å². The number of fused-ring (bicyclic) bond motifs is 2. The number of hydrogen-bond acceptors (Lipinski definition) is 2. The summed E-state index contributed by atoms with van der Waals surface area (Å²) in [5, 5.41) is 0. The predicted octanol–water partition coefficient (Wildman–Crippen LogP) is 2.02. The molecule has 0 atom stereocenters. The van der Waals surface area contributed by atoms with Gasteiger partial charge in [0.25, 0.3) is 0 Å². The zero-order chi connectivity index (χ0) is 12.9. The smallest absolute Gasteiger partial charge is 0.194 e. The van der Waals surface area contributed by atoms with Crippen LogP contribution in [-0.4, -0.2) is 19.4 Å². The minimum absolute atomic E-state index is 0.138. The van der Waals surface area contributed by atoms with Crippen molar-refractivity contribution in [3.05, 3.63) is 63.1 Å². The molecule has 2 aromatic rings. The summed E-state index contributed by atoms with van der Waals surface area (Å²) in [4.78, 5) is 24.6. The summed E-state index contributed by atoms with van der Waals surface area (Å²) < 4.78 is 0.779. The SMILES string of the molecule is [B]c1ccc2c(c1)C(=O)c1ccc(Br)cc1C2=O. The van der Waals surface area contributed by atoms with Crippen molar-refractivity contribution in [1.82, 2.24) is 0 Å². The highest BCUT2D eigenvalue weighted by Crippen LogP contribution is 2.28. The van der Waals surface area contributed by atoms with Crippen molar-refractivity contribution < 1.29 is 9.59 Å². The summed E-state index contributed by atoms with van der Waals surface area (Å²) in [6.45, 7) is 0. The zero-order valence-corrected chi connectivity index (χ0v) is 10.8. The molecule has 0 N–H and O–H groups in total. The van der Waals surface area contributed by atoms with Crippen molar-refractivity contribution in [2.75, 3.05) is 0 Å². The van der Waals surface area contributed by atoms with Crippen LogP contribution in [0.5, 0.6) is 0 Å². The lowest BCUT2D eigenvalue weighted by Crippen LogP contribution is -2.23. The molecule has 0 unspecified atom stereocenters. The molecule has 0 fully saturated rings. The van der Waals surface area contributed by atoms with Crippen LogP contribution in [-0.2, 0) is 0 Å². The number of hydrogen-bond donors (Lipinski definition) is 0. The van der Waals surface area contributed by atoms with Gasteiger partial charge in [-0.25, -0.2) is 0 Å². The summed E-state index contributed by atoms with van der Waals surface area (Å²) in [5.41, 5.74) is 2.15. The summed E-state index contributed by atoms with van der Waals surface area (Å²) in [6.07, 6.45) is 0. The molecule has 2 nitrogen and oxygen atoms in total. The molecule has 0 amide bonds. The van der Waals surface area contributed by atoms with Gasteiger partial charge in [-0.05, 0) is 18.2 Å². The molecule has 0 aliphatic heterocycles. The summed E-state index contributed by atoms with van der Waals surface area (Å²) in [7, 11) is 5.66. The van der Waals surface area contributed by atoms with Crippen LogP contribution in [0.2, 0.25) is 0 Å². The number of halogens is 1. The first-order chi connectivity index (χ1) is 8.58. The molecule has 1 aliphatic rings. The molecule has 3 rings (SSSR count). The average Bonchev–Trinajstić information content (AvgIpc) is 2.36. The molecule has 4 heteroatoms. The van der Waals surface area contributed by atoms with E-state index in [1.165, 1.54) is 0 Å². The maximum Gasteiger partial charge on any atom is 0.194 e. The van der Waals surface area contributed by atoms with E-state index < -0.39 is 0 Å². The molecule has 0 bridgehead atoms. The number of ketones is 2. The molecule has 2 radical (unpaired) electrons. The van der Waals surface area contributed by atoms with Crippen molar-refractivity contribution in [3.8, 4) is 0 Å². The van der Waals surface area contributed by atoms with Crippen LogP contribution in [0.25, 0.3) is 0 Å². The van der Waals surface area contributed by atoms with Gasteiger partial charge in [0.2, 0.25) is 0 Å². The summed E-state index contributed by atoms with van der Waals surface area (Å²) in [6, 6.07) is 9.88. The first-order valence-electron chi connectivity index (χ1n) is 5.36. The van der Waals surface area contributed by atoms with Crippen molar-refractivity contribution in [2.24, 2.45) is 0 Å². The molecular weight excluding hydrogens is 291 g/mol. The molecule has 0 aromatic heterocycles. The second kappa shape index (κ2) is 3.92. The normalized spacial score (nSPS) is 13.2. The maximum absolute atomic E-state index is 12.3. The van der Waals surface area contributed by atoms with Gasteiger partial charge in [0.1, 0.15) is 7.85 Å². The third-order valence-electron chi connectivity index (χ3n) is 3.00. The monoisotopic (exact) mass is 296 g/mol. The van der Waals surface area contributed by atoms with E-state index in [-0.39, 0.29) is 11.6 Å². The molecule has 84 valence electrons. The van der Waals surface area contributed by atoms with Crippen LogP contribution in [0.15, 0.2) is 40.9 Å². The standard InChI is InChI=1S/C14H6BBrO2/c15-7-1-3-9-11(5-7)13(17)10-4-2-8(16)6-12(10)14(9)18/h1-6H. The second-order valence-electron chi connectivity index (χ2n) is 4.15. The number of carbonyl (C=O) groups excluding carboxylic acids is 2. The Bertz CT molecular complexity index is 645. The van der Waals surface area contributed by atoms with Crippen LogP contribution < -0.4 is 5.46 Å². The van der Waals surface area contributed by atoms with Gasteiger partial charge in [0.05, 0.1) is 0 Å². The van der Waals surface area contributed by atoms with Crippen molar-refractivity contribution >= 4 is 40.8 Å². The van der Waals surface area contributed by atoms with Gasteiger partial charge in [-0.15, -0.1) is 0 Å². The highest BCUT2D eigenvalue weighted by Gasteiger charge is 2.29. The van der Waals surface area contributed by atoms with E-state index in [9.17, 15) is 9.59 Å². The number of carbonyl (C=O) groups is 2. The van der Waals surface area contributed by atoms with E-state index in [0.717, 1.165) is 4.47 Å². The lowest BCUT2D eigenvalue weighted by molar-refractivity contribution is 0.0979. The first kappa shape index (κ1) is 11.4. The minimum atomic E-state index is -0.153. The van der Waals surface area contributed by atoms with Crippen molar-refractivity contribution in [1.29, 1.82) is 0 Å². The van der Waals surface area contributed by atoms with Gasteiger partial charge < -0.3 is 0 Å². The Morgan fingerprint density at radius 3 is 2.00 bits per heavy atom. The molecular formula is C14H6BBrO2. The molecule has 1 aliphatic carbocycles. The lowest BCUT2D eigenvalue weighted by atomic mass is 9.81. The Balaban J connectivity index is 2.31. The van der Waals surface area contributed by atoms with Gasteiger partial charge in [-0.1, -0.05) is 39.6 Å². The van der Waals surface area contributed by atoms with Crippen molar-refractivity contribution in [2.45, 2.75) is 0 Å². The number of benzene rings is 2.